The molecule has 0 aliphatic rings. The SMILES string of the molecule is O=C(CCCCSc1nc(-c2ccccc2)c(-c2ccccc2)n1-c1ccccc1)NCCc1ccc(Cl)cc1Cl. The summed E-state index contributed by atoms with van der Waals surface area (Å²) >= 11 is 13.9. The van der Waals surface area contributed by atoms with Crippen molar-refractivity contribution in [2.24, 2.45) is 0 Å². The highest BCUT2D eigenvalue weighted by Crippen LogP contribution is 2.38. The van der Waals surface area contributed by atoms with E-state index in [9.17, 15) is 4.79 Å². The van der Waals surface area contributed by atoms with E-state index in [1.54, 1.807) is 17.8 Å². The largest absolute Gasteiger partial charge is 0.356 e. The maximum Gasteiger partial charge on any atom is 0.220 e. The predicted octanol–water partition coefficient (Wildman–Crippen LogP) is 9.13. The molecule has 0 aliphatic carbocycles. The summed E-state index contributed by atoms with van der Waals surface area (Å²) in [6.07, 6.45) is 2.88. The van der Waals surface area contributed by atoms with E-state index in [1.165, 1.54) is 0 Å². The highest BCUT2D eigenvalue weighted by atomic mass is 35.5. The van der Waals surface area contributed by atoms with Crippen LogP contribution in [0, 0.1) is 0 Å². The first kappa shape index (κ1) is 29.0. The molecule has 7 heteroatoms. The number of unbranched alkanes of at least 4 members (excludes halogenated alkanes) is 1. The quantitative estimate of drug-likeness (QED) is 0.115. The van der Waals surface area contributed by atoms with E-state index >= 15 is 0 Å². The average Bonchev–Trinajstić information content (AvgIpc) is 3.39. The number of imidazole rings is 1. The van der Waals surface area contributed by atoms with Gasteiger partial charge in [-0.3, -0.25) is 9.36 Å². The standard InChI is InChI=1S/C34H31Cl2N3OS/c35-28-20-19-25(30(36)24-28)21-22-37-31(40)18-10-11-23-41-34-38-32(26-12-4-1-5-13-26)33(27-14-6-2-7-15-27)39(34)29-16-8-3-9-17-29/h1-9,12-17,19-20,24H,10-11,18,21-23H2,(H,37,40). The number of benzene rings is 4. The summed E-state index contributed by atoms with van der Waals surface area (Å²) in [7, 11) is 0. The van der Waals surface area contributed by atoms with Gasteiger partial charge in [-0.25, -0.2) is 4.98 Å². The van der Waals surface area contributed by atoms with E-state index < -0.39 is 0 Å². The Morgan fingerprint density at radius 1 is 0.805 bits per heavy atom. The van der Waals surface area contributed by atoms with Crippen molar-refractivity contribution in [3.05, 3.63) is 125 Å². The number of carbonyl (C=O) groups is 1. The minimum absolute atomic E-state index is 0.0589. The van der Waals surface area contributed by atoms with Crippen molar-refractivity contribution in [3.63, 3.8) is 0 Å². The molecule has 5 rings (SSSR count). The summed E-state index contributed by atoms with van der Waals surface area (Å²) < 4.78 is 2.26. The fraction of sp³-hybridized carbons (Fsp3) is 0.176. The maximum absolute atomic E-state index is 12.4. The lowest BCUT2D eigenvalue weighted by Crippen LogP contribution is -2.25. The third kappa shape index (κ3) is 7.62. The van der Waals surface area contributed by atoms with Crippen molar-refractivity contribution in [1.82, 2.24) is 14.9 Å². The summed E-state index contributed by atoms with van der Waals surface area (Å²) in [6.45, 7) is 0.550. The molecular weight excluding hydrogens is 569 g/mol. The minimum Gasteiger partial charge on any atom is -0.356 e. The molecule has 0 spiro atoms. The molecule has 1 amide bonds. The second-order valence-electron chi connectivity index (χ2n) is 9.64. The molecule has 41 heavy (non-hydrogen) atoms. The molecule has 0 aliphatic heterocycles. The van der Waals surface area contributed by atoms with Gasteiger partial charge >= 0.3 is 0 Å². The van der Waals surface area contributed by atoms with E-state index in [0.29, 0.717) is 29.4 Å². The average molecular weight is 601 g/mol. The normalized spacial score (nSPS) is 11.0. The Bertz CT molecular complexity index is 1570. The Balaban J connectivity index is 1.25. The topological polar surface area (TPSA) is 46.9 Å². The van der Waals surface area contributed by atoms with Crippen molar-refractivity contribution in [3.8, 4) is 28.2 Å². The molecular formula is C34H31Cl2N3OS. The van der Waals surface area contributed by atoms with Crippen molar-refractivity contribution in [2.45, 2.75) is 30.8 Å². The van der Waals surface area contributed by atoms with Gasteiger partial charge in [0, 0.05) is 45.6 Å². The smallest absolute Gasteiger partial charge is 0.220 e. The van der Waals surface area contributed by atoms with Gasteiger partial charge in [0.2, 0.25) is 5.91 Å². The van der Waals surface area contributed by atoms with Gasteiger partial charge < -0.3 is 5.32 Å². The van der Waals surface area contributed by atoms with Crippen LogP contribution in [0.1, 0.15) is 24.8 Å². The van der Waals surface area contributed by atoms with Crippen LogP contribution in [0.4, 0.5) is 0 Å². The number of thioether (sulfide) groups is 1. The van der Waals surface area contributed by atoms with Crippen molar-refractivity contribution in [2.75, 3.05) is 12.3 Å². The van der Waals surface area contributed by atoms with E-state index in [-0.39, 0.29) is 5.91 Å². The second-order valence-corrected chi connectivity index (χ2v) is 11.5. The first-order valence-electron chi connectivity index (χ1n) is 13.7. The van der Waals surface area contributed by atoms with Gasteiger partial charge in [0.1, 0.15) is 0 Å². The van der Waals surface area contributed by atoms with E-state index in [2.05, 4.69) is 70.5 Å². The van der Waals surface area contributed by atoms with Crippen LogP contribution in [-0.2, 0) is 11.2 Å². The number of amides is 1. The van der Waals surface area contributed by atoms with Gasteiger partial charge in [-0.05, 0) is 49.1 Å². The number of carbonyl (C=O) groups excluding carboxylic acids is 1. The molecule has 5 aromatic rings. The molecule has 1 aromatic heterocycles. The van der Waals surface area contributed by atoms with Crippen molar-refractivity contribution in [1.29, 1.82) is 0 Å². The second kappa shape index (κ2) is 14.4. The number of nitrogens with zero attached hydrogens (tertiary/aromatic N) is 2. The maximum atomic E-state index is 12.4. The highest BCUT2D eigenvalue weighted by Gasteiger charge is 2.21. The molecule has 1 heterocycles. The minimum atomic E-state index is 0.0589. The van der Waals surface area contributed by atoms with Crippen LogP contribution in [0.15, 0.2) is 114 Å². The number of hydrogen-bond acceptors (Lipinski definition) is 3. The van der Waals surface area contributed by atoms with Crippen LogP contribution in [0.3, 0.4) is 0 Å². The summed E-state index contributed by atoms with van der Waals surface area (Å²) in [5.41, 5.74) is 6.29. The molecule has 4 aromatic carbocycles. The van der Waals surface area contributed by atoms with Gasteiger partial charge in [-0.2, -0.15) is 0 Å². The van der Waals surface area contributed by atoms with Crippen LogP contribution in [0.25, 0.3) is 28.2 Å². The first-order chi connectivity index (χ1) is 20.1. The molecule has 0 atom stereocenters. The summed E-state index contributed by atoms with van der Waals surface area (Å²) in [5, 5.41) is 5.19. The number of hydrogen-bond donors (Lipinski definition) is 1. The number of halogens is 2. The molecule has 1 N–H and O–H groups in total. The van der Waals surface area contributed by atoms with E-state index in [0.717, 1.165) is 57.5 Å². The molecule has 0 unspecified atom stereocenters. The van der Waals surface area contributed by atoms with Crippen LogP contribution < -0.4 is 5.32 Å². The van der Waals surface area contributed by atoms with Crippen LogP contribution in [0.5, 0.6) is 0 Å². The zero-order chi connectivity index (χ0) is 28.4. The fourth-order valence-electron chi connectivity index (χ4n) is 4.67. The number of nitrogens with one attached hydrogen (secondary N) is 1. The molecule has 208 valence electrons. The molecule has 0 saturated heterocycles. The zero-order valence-corrected chi connectivity index (χ0v) is 24.9. The lowest BCUT2D eigenvalue weighted by Gasteiger charge is -2.13. The summed E-state index contributed by atoms with van der Waals surface area (Å²) in [6, 6.07) is 36.6. The van der Waals surface area contributed by atoms with Gasteiger partial charge in [0.15, 0.2) is 5.16 Å². The zero-order valence-electron chi connectivity index (χ0n) is 22.6. The molecule has 0 saturated carbocycles. The lowest BCUT2D eigenvalue weighted by molar-refractivity contribution is -0.121. The van der Waals surface area contributed by atoms with Gasteiger partial charge in [-0.1, -0.05) is 120 Å². The van der Waals surface area contributed by atoms with Gasteiger partial charge in [0.25, 0.3) is 0 Å². The highest BCUT2D eigenvalue weighted by molar-refractivity contribution is 7.99. The molecule has 0 fully saturated rings. The number of aromatic nitrogens is 2. The number of rotatable bonds is 12. The monoisotopic (exact) mass is 599 g/mol. The Hall–Kier alpha value is -3.51. The first-order valence-corrected chi connectivity index (χ1v) is 15.5. The van der Waals surface area contributed by atoms with Crippen molar-refractivity contribution < 1.29 is 4.79 Å². The Kier molecular flexibility index (Phi) is 10.2. The molecule has 0 bridgehead atoms. The van der Waals surface area contributed by atoms with Crippen LogP contribution >= 0.6 is 35.0 Å². The van der Waals surface area contributed by atoms with Crippen molar-refractivity contribution >= 4 is 40.9 Å². The Morgan fingerprint density at radius 3 is 2.15 bits per heavy atom. The van der Waals surface area contributed by atoms with E-state index in [4.69, 9.17) is 28.2 Å². The van der Waals surface area contributed by atoms with Gasteiger partial charge in [0.05, 0.1) is 11.4 Å². The summed E-state index contributed by atoms with van der Waals surface area (Å²) in [4.78, 5) is 17.6. The third-order valence-corrected chi connectivity index (χ3v) is 8.33. The molecule has 4 nitrogen and oxygen atoms in total. The van der Waals surface area contributed by atoms with Gasteiger partial charge in [-0.15, -0.1) is 0 Å². The Labute approximate surface area is 255 Å². The fourth-order valence-corrected chi connectivity index (χ4v) is 6.19. The Morgan fingerprint density at radius 2 is 1.46 bits per heavy atom. The predicted molar refractivity (Wildman–Crippen MR) is 172 cm³/mol. The lowest BCUT2D eigenvalue weighted by atomic mass is 10.0. The summed E-state index contributed by atoms with van der Waals surface area (Å²) in [5.74, 6) is 0.920. The number of para-hydroxylation sites is 1. The van der Waals surface area contributed by atoms with E-state index in [1.807, 2.05) is 42.5 Å². The van der Waals surface area contributed by atoms with Crippen LogP contribution in [0.2, 0.25) is 10.0 Å². The third-order valence-electron chi connectivity index (χ3n) is 6.72. The van der Waals surface area contributed by atoms with Crippen LogP contribution in [-0.4, -0.2) is 27.8 Å². The molecule has 0 radical (unpaired) electrons.